The van der Waals surface area contributed by atoms with Crippen molar-refractivity contribution >= 4 is 5.97 Å². The molecule has 102 valence electrons. The number of carbonyl (C=O) groups is 1. The van der Waals surface area contributed by atoms with E-state index in [1.807, 2.05) is 0 Å². The molecule has 18 heavy (non-hydrogen) atoms. The van der Waals surface area contributed by atoms with Crippen molar-refractivity contribution < 1.29 is 9.53 Å². The number of esters is 1. The van der Waals surface area contributed by atoms with Crippen molar-refractivity contribution in [2.45, 2.75) is 64.7 Å². The molecule has 4 rings (SSSR count). The van der Waals surface area contributed by atoms with E-state index in [4.69, 9.17) is 4.74 Å². The molecule has 0 spiro atoms. The molecule has 4 saturated carbocycles. The van der Waals surface area contributed by atoms with Crippen LogP contribution in [0.15, 0.2) is 0 Å². The summed E-state index contributed by atoms with van der Waals surface area (Å²) in [6, 6.07) is 0. The van der Waals surface area contributed by atoms with Gasteiger partial charge in [-0.3, -0.25) is 4.79 Å². The van der Waals surface area contributed by atoms with Crippen LogP contribution in [0.25, 0.3) is 0 Å². The van der Waals surface area contributed by atoms with Gasteiger partial charge in [0.05, 0.1) is 12.0 Å². The Morgan fingerprint density at radius 2 is 1.61 bits per heavy atom. The maximum Gasteiger partial charge on any atom is 0.312 e. The second-order valence-electron chi connectivity index (χ2n) is 7.04. The molecule has 0 N–H and O–H groups in total. The van der Waals surface area contributed by atoms with E-state index in [2.05, 4.69) is 6.92 Å². The number of hydrogen-bond acceptors (Lipinski definition) is 2. The summed E-state index contributed by atoms with van der Waals surface area (Å²) < 4.78 is 5.59. The van der Waals surface area contributed by atoms with Crippen LogP contribution >= 0.6 is 0 Å². The van der Waals surface area contributed by atoms with Crippen molar-refractivity contribution in [1.82, 2.24) is 0 Å². The number of unbranched alkanes of at least 4 members (excludes halogenated alkanes) is 2. The first-order valence-corrected chi connectivity index (χ1v) is 7.89. The lowest BCUT2D eigenvalue weighted by Crippen LogP contribution is -2.50. The molecule has 0 aromatic rings. The van der Waals surface area contributed by atoms with Gasteiger partial charge in [0.25, 0.3) is 0 Å². The molecule has 0 unspecified atom stereocenters. The van der Waals surface area contributed by atoms with Crippen molar-refractivity contribution in [2.75, 3.05) is 6.61 Å². The maximum atomic E-state index is 12.4. The summed E-state index contributed by atoms with van der Waals surface area (Å²) in [4.78, 5) is 12.4. The second kappa shape index (κ2) is 4.86. The standard InChI is InChI=1S/C16H26O2/c1-2-3-4-5-18-15(17)16-9-12-6-13(10-16)8-14(7-12)11-16/h12-14H,2-11H2,1H3. The highest BCUT2D eigenvalue weighted by atomic mass is 16.5. The monoisotopic (exact) mass is 250 g/mol. The van der Waals surface area contributed by atoms with Gasteiger partial charge in [-0.15, -0.1) is 0 Å². The molecule has 4 aliphatic rings. The van der Waals surface area contributed by atoms with Crippen molar-refractivity contribution in [2.24, 2.45) is 23.2 Å². The van der Waals surface area contributed by atoms with E-state index in [1.54, 1.807) is 0 Å². The summed E-state index contributed by atoms with van der Waals surface area (Å²) >= 11 is 0. The van der Waals surface area contributed by atoms with Crippen molar-refractivity contribution in [3.05, 3.63) is 0 Å². The molecule has 2 nitrogen and oxygen atoms in total. The molecule has 0 aromatic carbocycles. The molecule has 4 aliphatic carbocycles. The van der Waals surface area contributed by atoms with Crippen LogP contribution < -0.4 is 0 Å². The first-order chi connectivity index (χ1) is 8.72. The highest BCUT2D eigenvalue weighted by Gasteiger charge is 2.55. The molecule has 2 heteroatoms. The predicted molar refractivity (Wildman–Crippen MR) is 71.1 cm³/mol. The Hall–Kier alpha value is -0.530. The lowest BCUT2D eigenvalue weighted by Gasteiger charge is -2.55. The van der Waals surface area contributed by atoms with Gasteiger partial charge in [-0.1, -0.05) is 19.8 Å². The molecular weight excluding hydrogens is 224 g/mol. The lowest BCUT2D eigenvalue weighted by molar-refractivity contribution is -0.171. The minimum absolute atomic E-state index is 0.0546. The molecule has 0 radical (unpaired) electrons. The minimum atomic E-state index is -0.0546. The Bertz CT molecular complexity index is 286. The third-order valence-corrected chi connectivity index (χ3v) is 5.45. The molecule has 0 saturated heterocycles. The SMILES string of the molecule is CCCCCOC(=O)C12CC3CC(CC(C3)C1)C2. The minimum Gasteiger partial charge on any atom is -0.465 e. The number of ether oxygens (including phenoxy) is 1. The Morgan fingerprint density at radius 3 is 2.11 bits per heavy atom. The van der Waals surface area contributed by atoms with E-state index in [9.17, 15) is 4.79 Å². The smallest absolute Gasteiger partial charge is 0.312 e. The topological polar surface area (TPSA) is 26.3 Å². The van der Waals surface area contributed by atoms with Gasteiger partial charge >= 0.3 is 5.97 Å². The highest BCUT2D eigenvalue weighted by molar-refractivity contribution is 5.77. The van der Waals surface area contributed by atoms with E-state index in [-0.39, 0.29) is 11.4 Å². The van der Waals surface area contributed by atoms with Gasteiger partial charge in [0.15, 0.2) is 0 Å². The normalized spacial score (nSPS) is 41.1. The van der Waals surface area contributed by atoms with Crippen molar-refractivity contribution in [3.8, 4) is 0 Å². The van der Waals surface area contributed by atoms with E-state index >= 15 is 0 Å². The summed E-state index contributed by atoms with van der Waals surface area (Å²) in [6.07, 6.45) is 11.0. The Labute approximate surface area is 110 Å². The fraction of sp³-hybridized carbons (Fsp3) is 0.938. The molecule has 0 aliphatic heterocycles. The van der Waals surface area contributed by atoms with Gasteiger partial charge in [-0.05, 0) is 62.7 Å². The van der Waals surface area contributed by atoms with Crippen LogP contribution in [0.1, 0.15) is 64.7 Å². The largest absolute Gasteiger partial charge is 0.465 e. The summed E-state index contributed by atoms with van der Waals surface area (Å²) in [6.45, 7) is 2.83. The van der Waals surface area contributed by atoms with Gasteiger partial charge in [0.1, 0.15) is 0 Å². The summed E-state index contributed by atoms with van der Waals surface area (Å²) in [5.74, 6) is 2.65. The highest BCUT2D eigenvalue weighted by Crippen LogP contribution is 2.60. The maximum absolute atomic E-state index is 12.4. The fourth-order valence-electron chi connectivity index (χ4n) is 5.03. The van der Waals surface area contributed by atoms with E-state index < -0.39 is 0 Å². The number of hydrogen-bond donors (Lipinski definition) is 0. The summed E-state index contributed by atoms with van der Waals surface area (Å²) in [5, 5.41) is 0. The van der Waals surface area contributed by atoms with Crippen LogP contribution in [0.5, 0.6) is 0 Å². The third kappa shape index (κ3) is 2.19. The zero-order chi connectivity index (χ0) is 12.6. The van der Waals surface area contributed by atoms with Crippen LogP contribution in [-0.4, -0.2) is 12.6 Å². The Balaban J connectivity index is 1.59. The molecule has 4 fully saturated rings. The summed E-state index contributed by atoms with van der Waals surface area (Å²) in [5.41, 5.74) is -0.0546. The van der Waals surface area contributed by atoms with Gasteiger partial charge in [0, 0.05) is 0 Å². The van der Waals surface area contributed by atoms with Crippen LogP contribution in [-0.2, 0) is 9.53 Å². The van der Waals surface area contributed by atoms with Gasteiger partial charge in [-0.25, -0.2) is 0 Å². The molecule has 0 aromatic heterocycles. The van der Waals surface area contributed by atoms with Gasteiger partial charge in [-0.2, -0.15) is 0 Å². The lowest BCUT2D eigenvalue weighted by atomic mass is 9.49. The Morgan fingerprint density at radius 1 is 1.06 bits per heavy atom. The first-order valence-electron chi connectivity index (χ1n) is 7.89. The van der Waals surface area contributed by atoms with Crippen molar-refractivity contribution in [1.29, 1.82) is 0 Å². The molecule has 0 atom stereocenters. The zero-order valence-electron chi connectivity index (χ0n) is 11.6. The molecule has 0 amide bonds. The van der Waals surface area contributed by atoms with Crippen LogP contribution in [0, 0.1) is 23.2 Å². The second-order valence-corrected chi connectivity index (χ2v) is 7.04. The average molecular weight is 250 g/mol. The average Bonchev–Trinajstić information content (AvgIpc) is 2.32. The number of carbonyl (C=O) groups excluding carboxylic acids is 1. The number of rotatable bonds is 5. The molecular formula is C16H26O2. The predicted octanol–water partition coefficient (Wildman–Crippen LogP) is 3.94. The molecule has 4 bridgehead atoms. The third-order valence-electron chi connectivity index (χ3n) is 5.45. The summed E-state index contributed by atoms with van der Waals surface area (Å²) in [7, 11) is 0. The van der Waals surface area contributed by atoms with Crippen molar-refractivity contribution in [3.63, 3.8) is 0 Å². The van der Waals surface area contributed by atoms with Gasteiger partial charge in [0.2, 0.25) is 0 Å². The quantitative estimate of drug-likeness (QED) is 0.546. The van der Waals surface area contributed by atoms with E-state index in [0.717, 1.165) is 43.4 Å². The zero-order valence-corrected chi connectivity index (χ0v) is 11.6. The van der Waals surface area contributed by atoms with Crippen LogP contribution in [0.2, 0.25) is 0 Å². The Kier molecular flexibility index (Phi) is 3.38. The van der Waals surface area contributed by atoms with E-state index in [1.165, 1.54) is 32.1 Å². The molecule has 0 heterocycles. The van der Waals surface area contributed by atoms with Crippen LogP contribution in [0.3, 0.4) is 0 Å². The fourth-order valence-corrected chi connectivity index (χ4v) is 5.03. The van der Waals surface area contributed by atoms with E-state index in [0.29, 0.717) is 6.61 Å². The van der Waals surface area contributed by atoms with Gasteiger partial charge < -0.3 is 4.74 Å². The first kappa shape index (κ1) is 12.5. The van der Waals surface area contributed by atoms with Crippen LogP contribution in [0.4, 0.5) is 0 Å².